The summed E-state index contributed by atoms with van der Waals surface area (Å²) in [5.74, 6) is -0.231. The predicted octanol–water partition coefficient (Wildman–Crippen LogP) is 6.54. The van der Waals surface area contributed by atoms with E-state index in [-0.39, 0.29) is 17.7 Å². The highest BCUT2D eigenvalue weighted by Crippen LogP contribution is 2.35. The maximum Gasteiger partial charge on any atom is 0.293 e. The molecule has 164 valence electrons. The Hall–Kier alpha value is -3.57. The van der Waals surface area contributed by atoms with Crippen molar-refractivity contribution in [2.24, 2.45) is 0 Å². The van der Waals surface area contributed by atoms with Gasteiger partial charge in [-0.15, -0.1) is 0 Å². The molecule has 1 aliphatic heterocycles. The van der Waals surface area contributed by atoms with Gasteiger partial charge < -0.3 is 4.57 Å². The molecule has 0 saturated carbocycles. The lowest BCUT2D eigenvalue weighted by Gasteiger charge is -2.14. The van der Waals surface area contributed by atoms with Gasteiger partial charge in [-0.1, -0.05) is 72.8 Å². The lowest BCUT2D eigenvalue weighted by atomic mass is 10.0. The molecule has 2 amide bonds. The number of thioether (sulfide) groups is 1. The van der Waals surface area contributed by atoms with Crippen LogP contribution in [-0.4, -0.2) is 20.6 Å². The summed E-state index contributed by atoms with van der Waals surface area (Å²) in [6, 6.07) is 26.4. The van der Waals surface area contributed by atoms with Crippen LogP contribution < -0.4 is 0 Å². The molecule has 0 bridgehead atoms. The second-order valence-corrected chi connectivity index (χ2v) is 9.30. The molecule has 0 radical (unpaired) electrons. The van der Waals surface area contributed by atoms with Crippen molar-refractivity contribution >= 4 is 39.8 Å². The van der Waals surface area contributed by atoms with Crippen LogP contribution in [0.1, 0.15) is 28.1 Å². The Morgan fingerprint density at radius 1 is 0.848 bits per heavy atom. The molecule has 1 aliphatic rings. The smallest absolute Gasteiger partial charge is 0.293 e. The highest BCUT2D eigenvalue weighted by Gasteiger charge is 2.35. The van der Waals surface area contributed by atoms with Gasteiger partial charge in [0.15, 0.2) is 0 Å². The first kappa shape index (κ1) is 21.3. The van der Waals surface area contributed by atoms with Gasteiger partial charge in [0.2, 0.25) is 0 Å². The van der Waals surface area contributed by atoms with Gasteiger partial charge in [0, 0.05) is 17.9 Å². The van der Waals surface area contributed by atoms with Gasteiger partial charge in [0.25, 0.3) is 11.1 Å². The zero-order chi connectivity index (χ0) is 22.9. The fourth-order valence-electron chi connectivity index (χ4n) is 4.36. The summed E-state index contributed by atoms with van der Waals surface area (Å²) in [4.78, 5) is 27.7. The van der Waals surface area contributed by atoms with Gasteiger partial charge in [0.1, 0.15) is 0 Å². The summed E-state index contributed by atoms with van der Waals surface area (Å²) in [6.45, 7) is 5.17. The number of aromatic nitrogens is 1. The van der Waals surface area contributed by atoms with Gasteiger partial charge in [-0.2, -0.15) is 0 Å². The zero-order valence-electron chi connectivity index (χ0n) is 18.6. The number of fused-ring (bicyclic) bond motifs is 1. The lowest BCUT2D eigenvalue weighted by molar-refractivity contribution is -0.123. The molecule has 5 heteroatoms. The van der Waals surface area contributed by atoms with Crippen LogP contribution in [-0.2, 0) is 17.9 Å². The molecule has 4 aromatic rings. The molecule has 0 N–H and O–H groups in total. The summed E-state index contributed by atoms with van der Waals surface area (Å²) in [7, 11) is 0. The van der Waals surface area contributed by atoms with Crippen molar-refractivity contribution in [3.63, 3.8) is 0 Å². The van der Waals surface area contributed by atoms with Crippen molar-refractivity contribution in [2.45, 2.75) is 26.9 Å². The maximum absolute atomic E-state index is 13.2. The number of aryl methyl sites for hydroxylation is 1. The summed E-state index contributed by atoms with van der Waals surface area (Å²) in [5, 5.41) is 1.94. The molecule has 3 aromatic carbocycles. The van der Waals surface area contributed by atoms with E-state index in [1.807, 2.05) is 66.7 Å². The van der Waals surface area contributed by atoms with Crippen molar-refractivity contribution < 1.29 is 9.59 Å². The van der Waals surface area contributed by atoms with Crippen molar-refractivity contribution in [2.75, 3.05) is 0 Å². The Morgan fingerprint density at radius 2 is 1.58 bits per heavy atom. The summed E-state index contributed by atoms with van der Waals surface area (Å²) in [6.07, 6.45) is 1.86. The van der Waals surface area contributed by atoms with Gasteiger partial charge in [-0.3, -0.25) is 14.5 Å². The molecule has 5 rings (SSSR count). The van der Waals surface area contributed by atoms with Crippen LogP contribution in [0.2, 0.25) is 0 Å². The second-order valence-electron chi connectivity index (χ2n) is 8.30. The Kier molecular flexibility index (Phi) is 5.65. The van der Waals surface area contributed by atoms with Gasteiger partial charge in [0.05, 0.1) is 11.4 Å². The van der Waals surface area contributed by atoms with E-state index in [2.05, 4.69) is 36.6 Å². The normalized spacial score (nSPS) is 15.2. The van der Waals surface area contributed by atoms with Crippen molar-refractivity contribution in [3.05, 3.63) is 112 Å². The van der Waals surface area contributed by atoms with E-state index in [1.54, 1.807) is 0 Å². The largest absolute Gasteiger partial charge is 0.344 e. The second kappa shape index (κ2) is 8.75. The minimum atomic E-state index is -0.231. The third-order valence-electron chi connectivity index (χ3n) is 6.16. The van der Waals surface area contributed by atoms with Crippen LogP contribution in [0, 0.1) is 13.8 Å². The van der Waals surface area contributed by atoms with Crippen molar-refractivity contribution in [3.8, 4) is 0 Å². The first-order chi connectivity index (χ1) is 16.0. The van der Waals surface area contributed by atoms with E-state index >= 15 is 0 Å². The maximum atomic E-state index is 13.2. The number of nitrogens with zero attached hydrogens (tertiary/aromatic N) is 2. The fourth-order valence-corrected chi connectivity index (χ4v) is 5.19. The van der Waals surface area contributed by atoms with Crippen LogP contribution in [0.3, 0.4) is 0 Å². The summed E-state index contributed by atoms with van der Waals surface area (Å²) in [5.41, 5.74) is 5.37. The molecule has 1 fully saturated rings. The zero-order valence-corrected chi connectivity index (χ0v) is 19.4. The standard InChI is InChI=1S/C28H24N2O2S/c1-19-15-24(20(2)29(19)17-21-9-4-3-5-10-21)16-26-27(31)30(28(32)33-26)18-23-13-8-12-22-11-6-7-14-25(22)23/h3-16H,17-18H2,1-2H3/b26-16-. The monoisotopic (exact) mass is 452 g/mol. The van der Waals surface area contributed by atoms with E-state index < -0.39 is 0 Å². The van der Waals surface area contributed by atoms with Crippen LogP contribution >= 0.6 is 11.8 Å². The Bertz CT molecular complexity index is 1400. The van der Waals surface area contributed by atoms with E-state index in [0.717, 1.165) is 51.6 Å². The van der Waals surface area contributed by atoms with Crippen LogP contribution in [0.15, 0.2) is 83.8 Å². The number of benzene rings is 3. The average Bonchev–Trinajstić information content (AvgIpc) is 3.24. The van der Waals surface area contributed by atoms with E-state index in [1.165, 1.54) is 10.5 Å². The number of hydrogen-bond donors (Lipinski definition) is 0. The highest BCUT2D eigenvalue weighted by molar-refractivity contribution is 8.18. The topological polar surface area (TPSA) is 42.3 Å². The molecule has 4 nitrogen and oxygen atoms in total. The molecule has 0 atom stereocenters. The number of carbonyl (C=O) groups excluding carboxylic acids is 2. The SMILES string of the molecule is Cc1cc(/C=C2\SC(=O)N(Cc3cccc4ccccc34)C2=O)c(C)n1Cc1ccccc1. The number of hydrogen-bond acceptors (Lipinski definition) is 3. The molecule has 0 unspecified atom stereocenters. The molecule has 2 heterocycles. The molecule has 1 saturated heterocycles. The van der Waals surface area contributed by atoms with Crippen molar-refractivity contribution in [1.82, 2.24) is 9.47 Å². The van der Waals surface area contributed by atoms with Gasteiger partial charge in [-0.05, 0) is 65.2 Å². The first-order valence-electron chi connectivity index (χ1n) is 10.9. The van der Waals surface area contributed by atoms with E-state index in [4.69, 9.17) is 0 Å². The summed E-state index contributed by atoms with van der Waals surface area (Å²) < 4.78 is 2.24. The Morgan fingerprint density at radius 3 is 2.39 bits per heavy atom. The Balaban J connectivity index is 1.41. The number of carbonyl (C=O) groups is 2. The molecular formula is C28H24N2O2S. The molecular weight excluding hydrogens is 428 g/mol. The minimum Gasteiger partial charge on any atom is -0.344 e. The minimum absolute atomic E-state index is 0.225. The van der Waals surface area contributed by atoms with E-state index in [0.29, 0.717) is 4.91 Å². The Labute approximate surface area is 197 Å². The third kappa shape index (κ3) is 4.12. The van der Waals surface area contributed by atoms with Crippen LogP contribution in [0.25, 0.3) is 16.8 Å². The molecule has 33 heavy (non-hydrogen) atoms. The van der Waals surface area contributed by atoms with Crippen molar-refractivity contribution in [1.29, 1.82) is 0 Å². The number of imide groups is 1. The highest BCUT2D eigenvalue weighted by atomic mass is 32.2. The molecule has 0 aliphatic carbocycles. The predicted molar refractivity (Wildman–Crippen MR) is 135 cm³/mol. The van der Waals surface area contributed by atoms with Gasteiger partial charge in [-0.25, -0.2) is 0 Å². The van der Waals surface area contributed by atoms with Crippen LogP contribution in [0.5, 0.6) is 0 Å². The third-order valence-corrected chi connectivity index (χ3v) is 7.07. The van der Waals surface area contributed by atoms with Crippen LogP contribution in [0.4, 0.5) is 4.79 Å². The average molecular weight is 453 g/mol. The number of amides is 2. The molecule has 0 spiro atoms. The number of rotatable bonds is 5. The molecule has 1 aromatic heterocycles. The first-order valence-corrected chi connectivity index (χ1v) is 11.8. The quantitative estimate of drug-likeness (QED) is 0.323. The van der Waals surface area contributed by atoms with E-state index in [9.17, 15) is 9.59 Å². The van der Waals surface area contributed by atoms with Gasteiger partial charge >= 0.3 is 0 Å². The fraction of sp³-hybridized carbons (Fsp3) is 0.143. The lowest BCUT2D eigenvalue weighted by Crippen LogP contribution is -2.27. The summed E-state index contributed by atoms with van der Waals surface area (Å²) >= 11 is 1.02.